The molecule has 0 aliphatic carbocycles. The number of fused-ring (bicyclic) bond motifs is 1. The maximum atomic E-state index is 13.8. The summed E-state index contributed by atoms with van der Waals surface area (Å²) in [5.41, 5.74) is 3.80. The quantitative estimate of drug-likeness (QED) is 0.470. The lowest BCUT2D eigenvalue weighted by Crippen LogP contribution is -2.48. The van der Waals surface area contributed by atoms with Gasteiger partial charge in [-0.15, -0.1) is 0 Å². The Bertz CT molecular complexity index is 1340. The Balaban J connectivity index is 1.58. The highest BCUT2D eigenvalue weighted by Crippen LogP contribution is 2.40. The van der Waals surface area contributed by atoms with Crippen LogP contribution in [-0.4, -0.2) is 57.2 Å². The summed E-state index contributed by atoms with van der Waals surface area (Å²) in [5, 5.41) is 8.38. The summed E-state index contributed by atoms with van der Waals surface area (Å²) in [5.74, 6) is -0.145. The topological polar surface area (TPSA) is 84.5 Å². The summed E-state index contributed by atoms with van der Waals surface area (Å²) in [6.07, 6.45) is 3.75. The van der Waals surface area contributed by atoms with E-state index in [1.54, 1.807) is 29.7 Å². The summed E-state index contributed by atoms with van der Waals surface area (Å²) in [6.45, 7) is 0.319. The van der Waals surface area contributed by atoms with Crippen LogP contribution in [0.25, 0.3) is 11.3 Å². The van der Waals surface area contributed by atoms with Crippen molar-refractivity contribution in [2.75, 3.05) is 20.6 Å². The highest BCUT2D eigenvalue weighted by atomic mass is 16.5. The Kier molecular flexibility index (Phi) is 5.49. The van der Waals surface area contributed by atoms with Crippen molar-refractivity contribution in [2.45, 2.75) is 12.0 Å². The first-order valence-corrected chi connectivity index (χ1v) is 11.1. The molecule has 8 nitrogen and oxygen atoms in total. The Labute approximate surface area is 197 Å². The summed E-state index contributed by atoms with van der Waals surface area (Å²) in [4.78, 5) is 30.3. The summed E-state index contributed by atoms with van der Waals surface area (Å²) >= 11 is 0. The molecule has 2 unspecified atom stereocenters. The molecule has 1 aliphatic heterocycles. The third-order valence-electron chi connectivity index (χ3n) is 6.21. The second kappa shape index (κ2) is 8.62. The van der Waals surface area contributed by atoms with Crippen molar-refractivity contribution in [1.29, 1.82) is 0 Å². The second-order valence-corrected chi connectivity index (χ2v) is 8.66. The van der Waals surface area contributed by atoms with Crippen LogP contribution in [0.1, 0.15) is 39.1 Å². The normalized spacial score (nSPS) is 17.3. The van der Waals surface area contributed by atoms with E-state index in [4.69, 9.17) is 4.52 Å². The Hall–Kier alpha value is -4.20. The zero-order valence-electron chi connectivity index (χ0n) is 19.3. The van der Waals surface area contributed by atoms with Crippen LogP contribution in [0.5, 0.6) is 0 Å². The SMILES string of the molecule is CN(C)C(=O)C1c2ccccc2C(c2cnn(C)c2)CN1C(=O)c1cc(-c2ccccc2)on1. The first-order chi connectivity index (χ1) is 16.4. The lowest BCUT2D eigenvalue weighted by Gasteiger charge is -2.40. The van der Waals surface area contributed by atoms with Crippen molar-refractivity contribution in [1.82, 2.24) is 24.7 Å². The van der Waals surface area contributed by atoms with Gasteiger partial charge in [-0.05, 0) is 16.7 Å². The number of carbonyl (C=O) groups is 2. The third-order valence-corrected chi connectivity index (χ3v) is 6.21. The molecule has 5 rings (SSSR count). The van der Waals surface area contributed by atoms with Gasteiger partial charge in [0.15, 0.2) is 11.5 Å². The molecule has 0 bridgehead atoms. The predicted molar refractivity (Wildman–Crippen MR) is 126 cm³/mol. The number of hydrogen-bond acceptors (Lipinski definition) is 5. The summed E-state index contributed by atoms with van der Waals surface area (Å²) in [6, 6.07) is 18.1. The fourth-order valence-corrected chi connectivity index (χ4v) is 4.52. The number of carbonyl (C=O) groups excluding carboxylic acids is 2. The minimum absolute atomic E-state index is 0.124. The molecule has 172 valence electrons. The van der Waals surface area contributed by atoms with Crippen LogP contribution in [0.4, 0.5) is 0 Å². The number of rotatable bonds is 4. The molecule has 0 saturated heterocycles. The molecule has 0 radical (unpaired) electrons. The maximum absolute atomic E-state index is 13.8. The van der Waals surface area contributed by atoms with Crippen LogP contribution in [0.3, 0.4) is 0 Å². The Morgan fingerprint density at radius 2 is 1.74 bits per heavy atom. The van der Waals surface area contributed by atoms with Crippen molar-refractivity contribution >= 4 is 11.8 Å². The number of likely N-dealkylation sites (N-methyl/N-ethyl adjacent to an activating group) is 1. The molecule has 2 aromatic carbocycles. The van der Waals surface area contributed by atoms with Crippen molar-refractivity contribution in [2.24, 2.45) is 7.05 Å². The van der Waals surface area contributed by atoms with Crippen molar-refractivity contribution < 1.29 is 14.1 Å². The van der Waals surface area contributed by atoms with E-state index in [-0.39, 0.29) is 23.4 Å². The first-order valence-electron chi connectivity index (χ1n) is 11.1. The molecule has 2 atom stereocenters. The van der Waals surface area contributed by atoms with E-state index >= 15 is 0 Å². The van der Waals surface area contributed by atoms with Crippen LogP contribution in [-0.2, 0) is 11.8 Å². The van der Waals surface area contributed by atoms with Crippen molar-refractivity contribution in [3.63, 3.8) is 0 Å². The van der Waals surface area contributed by atoms with Gasteiger partial charge in [0, 0.05) is 51.4 Å². The number of benzene rings is 2. The van der Waals surface area contributed by atoms with Crippen LogP contribution < -0.4 is 0 Å². The fourth-order valence-electron chi connectivity index (χ4n) is 4.52. The number of aromatic nitrogens is 3. The smallest absolute Gasteiger partial charge is 0.277 e. The van der Waals surface area contributed by atoms with Gasteiger partial charge in [0.2, 0.25) is 5.91 Å². The van der Waals surface area contributed by atoms with Crippen molar-refractivity contribution in [3.05, 3.63) is 95.4 Å². The van der Waals surface area contributed by atoms with E-state index < -0.39 is 6.04 Å². The van der Waals surface area contributed by atoms with Gasteiger partial charge in [-0.3, -0.25) is 14.3 Å². The average molecular weight is 456 g/mol. The van der Waals surface area contributed by atoms with Crippen LogP contribution in [0.15, 0.2) is 77.6 Å². The molecule has 1 aliphatic rings. The Morgan fingerprint density at radius 3 is 2.41 bits per heavy atom. The van der Waals surface area contributed by atoms with Crippen LogP contribution >= 0.6 is 0 Å². The number of hydrogen-bond donors (Lipinski definition) is 0. The first kappa shape index (κ1) is 21.6. The van der Waals surface area contributed by atoms with Gasteiger partial charge in [-0.2, -0.15) is 5.10 Å². The molecule has 0 N–H and O–H groups in total. The highest BCUT2D eigenvalue weighted by Gasteiger charge is 2.42. The zero-order valence-corrected chi connectivity index (χ0v) is 19.3. The zero-order chi connectivity index (χ0) is 23.8. The van der Waals surface area contributed by atoms with Gasteiger partial charge < -0.3 is 14.3 Å². The molecule has 34 heavy (non-hydrogen) atoms. The molecule has 3 heterocycles. The number of amides is 2. The van der Waals surface area contributed by atoms with E-state index in [0.29, 0.717) is 12.3 Å². The molecular weight excluding hydrogens is 430 g/mol. The third kappa shape index (κ3) is 3.77. The van der Waals surface area contributed by atoms with E-state index in [9.17, 15) is 9.59 Å². The summed E-state index contributed by atoms with van der Waals surface area (Å²) < 4.78 is 7.22. The van der Waals surface area contributed by atoms with Crippen molar-refractivity contribution in [3.8, 4) is 11.3 Å². The van der Waals surface area contributed by atoms with Gasteiger partial charge in [0.1, 0.15) is 6.04 Å². The molecule has 2 aromatic heterocycles. The largest absolute Gasteiger partial charge is 0.355 e. The van der Waals surface area contributed by atoms with Gasteiger partial charge >= 0.3 is 0 Å². The van der Waals surface area contributed by atoms with Gasteiger partial charge in [0.25, 0.3) is 5.91 Å². The van der Waals surface area contributed by atoms with Crippen LogP contribution in [0, 0.1) is 0 Å². The minimum atomic E-state index is -0.761. The lowest BCUT2D eigenvalue weighted by atomic mass is 9.81. The van der Waals surface area contributed by atoms with Crippen LogP contribution in [0.2, 0.25) is 0 Å². The standard InChI is InChI=1S/C26H25N5O3/c1-29(2)26(33)24-20-12-8-7-11-19(20)21(18-14-27-30(3)15-18)16-31(24)25(32)22-13-23(34-28-22)17-9-5-4-6-10-17/h4-15,21,24H,16H2,1-3H3. The average Bonchev–Trinajstić information content (AvgIpc) is 3.52. The predicted octanol–water partition coefficient (Wildman–Crippen LogP) is 3.49. The monoisotopic (exact) mass is 455 g/mol. The number of nitrogens with zero attached hydrogens (tertiary/aromatic N) is 5. The van der Waals surface area contributed by atoms with E-state index in [0.717, 1.165) is 22.3 Å². The van der Waals surface area contributed by atoms with E-state index in [1.165, 1.54) is 4.90 Å². The Morgan fingerprint density at radius 1 is 1.03 bits per heavy atom. The highest BCUT2D eigenvalue weighted by molar-refractivity contribution is 5.97. The van der Waals surface area contributed by atoms with Gasteiger partial charge in [0.05, 0.1) is 6.20 Å². The number of aryl methyl sites for hydroxylation is 1. The van der Waals surface area contributed by atoms with E-state index in [2.05, 4.69) is 10.3 Å². The molecular formula is C26H25N5O3. The minimum Gasteiger partial charge on any atom is -0.355 e. The van der Waals surface area contributed by atoms with E-state index in [1.807, 2.05) is 74.0 Å². The fraction of sp³-hybridized carbons (Fsp3) is 0.231. The molecule has 2 amide bonds. The van der Waals surface area contributed by atoms with Gasteiger partial charge in [-0.1, -0.05) is 59.8 Å². The van der Waals surface area contributed by atoms with Gasteiger partial charge in [-0.25, -0.2) is 0 Å². The second-order valence-electron chi connectivity index (χ2n) is 8.66. The summed E-state index contributed by atoms with van der Waals surface area (Å²) in [7, 11) is 5.26. The molecule has 4 aromatic rings. The lowest BCUT2D eigenvalue weighted by molar-refractivity contribution is -0.134. The molecule has 0 spiro atoms. The maximum Gasteiger partial charge on any atom is 0.277 e. The molecule has 8 heteroatoms. The molecule has 0 saturated carbocycles. The molecule has 0 fully saturated rings.